The van der Waals surface area contributed by atoms with Crippen molar-refractivity contribution in [2.75, 3.05) is 13.7 Å². The van der Waals surface area contributed by atoms with E-state index in [1.54, 1.807) is 6.20 Å². The van der Waals surface area contributed by atoms with Gasteiger partial charge in [0.15, 0.2) is 11.9 Å². The Hall–Kier alpha value is -3.50. The second-order valence-corrected chi connectivity index (χ2v) is 10.8. The number of nitrogens with zero attached hydrogens (tertiary/aromatic N) is 2. The van der Waals surface area contributed by atoms with E-state index in [0.717, 1.165) is 40.1 Å². The maximum atomic E-state index is 10.8. The van der Waals surface area contributed by atoms with E-state index in [2.05, 4.69) is 4.98 Å². The molecule has 0 bridgehead atoms. The fraction of sp³-hybridized carbons (Fsp3) is 0.353. The molecule has 0 unspecified atom stereocenters. The van der Waals surface area contributed by atoms with Gasteiger partial charge in [-0.05, 0) is 62.1 Å². The molecule has 3 heterocycles. The van der Waals surface area contributed by atoms with Crippen LogP contribution in [-0.2, 0) is 32.7 Å². The molecule has 5 atom stereocenters. The van der Waals surface area contributed by atoms with Crippen molar-refractivity contribution in [3.63, 3.8) is 0 Å². The first-order valence-electron chi connectivity index (χ1n) is 14.2. The van der Waals surface area contributed by atoms with Crippen molar-refractivity contribution in [1.82, 2.24) is 9.97 Å². The third kappa shape index (κ3) is 6.29. The minimum atomic E-state index is -1.46. The predicted molar refractivity (Wildman–Crippen MR) is 158 cm³/mol. The molecule has 1 saturated heterocycles. The third-order valence-electron chi connectivity index (χ3n) is 7.81. The summed E-state index contributed by atoms with van der Waals surface area (Å²) in [4.78, 5) is 9.58. The second-order valence-electron chi connectivity index (χ2n) is 10.8. The zero-order valence-electron chi connectivity index (χ0n) is 24.1. The smallest absolute Gasteiger partial charge is 0.186 e. The zero-order chi connectivity index (χ0) is 29.7. The second kappa shape index (κ2) is 13.2. The normalized spacial score (nSPS) is 22.7. The number of benzene rings is 2. The van der Waals surface area contributed by atoms with E-state index in [1.165, 1.54) is 7.11 Å². The molecule has 0 amide bonds. The van der Waals surface area contributed by atoms with Gasteiger partial charge in [-0.1, -0.05) is 71.8 Å². The molecule has 220 valence electrons. The lowest BCUT2D eigenvalue weighted by Gasteiger charge is -2.42. The first kappa shape index (κ1) is 30.0. The number of aliphatic hydroxyl groups excluding tert-OH is 3. The van der Waals surface area contributed by atoms with Crippen LogP contribution in [0.5, 0.6) is 0 Å². The quantitative estimate of drug-likeness (QED) is 0.265. The lowest BCUT2D eigenvalue weighted by molar-refractivity contribution is -0.299. The van der Waals surface area contributed by atoms with Gasteiger partial charge in [0, 0.05) is 24.7 Å². The number of hydrogen-bond donors (Lipinski definition) is 3. The SMILES string of the molecule is CO[C@H]1O[C@H](COC(c2ccc(C)cc2)(c2ccc(C)cc2)c2cccc(CCc3ccccn3)n2)[C@@H](O)[C@H](O)[C@H]1O. The minimum absolute atomic E-state index is 0.119. The topological polar surface area (TPSA) is 114 Å². The van der Waals surface area contributed by atoms with E-state index in [0.29, 0.717) is 12.1 Å². The molecule has 5 rings (SSSR count). The molecule has 1 aliphatic rings. The van der Waals surface area contributed by atoms with E-state index in [4.69, 9.17) is 19.2 Å². The van der Waals surface area contributed by atoms with Crippen LogP contribution in [0.1, 0.15) is 39.3 Å². The Kier molecular flexibility index (Phi) is 9.43. The van der Waals surface area contributed by atoms with Crippen LogP contribution in [0, 0.1) is 13.8 Å². The fourth-order valence-corrected chi connectivity index (χ4v) is 5.35. The Morgan fingerprint density at radius 3 is 1.95 bits per heavy atom. The highest BCUT2D eigenvalue weighted by Crippen LogP contribution is 2.41. The molecular formula is C34H38N2O6. The van der Waals surface area contributed by atoms with Gasteiger partial charge in [-0.25, -0.2) is 0 Å². The van der Waals surface area contributed by atoms with Crippen molar-refractivity contribution >= 4 is 0 Å². The molecular weight excluding hydrogens is 532 g/mol. The summed E-state index contributed by atoms with van der Waals surface area (Å²) in [7, 11) is 1.37. The predicted octanol–water partition coefficient (Wildman–Crippen LogP) is 3.64. The van der Waals surface area contributed by atoms with Crippen LogP contribution in [0.2, 0.25) is 0 Å². The molecule has 4 aromatic rings. The Bertz CT molecular complexity index is 1380. The average Bonchev–Trinajstić information content (AvgIpc) is 3.02. The number of hydrogen-bond acceptors (Lipinski definition) is 8. The van der Waals surface area contributed by atoms with Crippen LogP contribution in [0.3, 0.4) is 0 Å². The van der Waals surface area contributed by atoms with Gasteiger partial charge in [-0.15, -0.1) is 0 Å². The van der Waals surface area contributed by atoms with Gasteiger partial charge < -0.3 is 29.5 Å². The maximum Gasteiger partial charge on any atom is 0.186 e. The van der Waals surface area contributed by atoms with Crippen molar-refractivity contribution in [2.45, 2.75) is 63.0 Å². The van der Waals surface area contributed by atoms with Gasteiger partial charge in [0.2, 0.25) is 0 Å². The molecule has 3 N–H and O–H groups in total. The highest BCUT2D eigenvalue weighted by Gasteiger charge is 2.46. The maximum absolute atomic E-state index is 10.8. The summed E-state index contributed by atoms with van der Waals surface area (Å²) in [5, 5.41) is 31.6. The van der Waals surface area contributed by atoms with Crippen molar-refractivity contribution in [3.05, 3.63) is 130 Å². The Morgan fingerprint density at radius 1 is 0.738 bits per heavy atom. The molecule has 2 aromatic heterocycles. The molecule has 1 aliphatic heterocycles. The van der Waals surface area contributed by atoms with E-state index >= 15 is 0 Å². The van der Waals surface area contributed by atoms with Crippen molar-refractivity contribution < 1.29 is 29.5 Å². The monoisotopic (exact) mass is 570 g/mol. The molecule has 0 saturated carbocycles. The first-order chi connectivity index (χ1) is 20.3. The lowest BCUT2D eigenvalue weighted by atomic mass is 9.82. The van der Waals surface area contributed by atoms with Crippen LogP contribution in [0.4, 0.5) is 0 Å². The summed E-state index contributed by atoms with van der Waals surface area (Å²) in [5.41, 5.74) is 5.25. The van der Waals surface area contributed by atoms with Crippen LogP contribution in [0.15, 0.2) is 91.1 Å². The fourth-order valence-electron chi connectivity index (χ4n) is 5.35. The van der Waals surface area contributed by atoms with Crippen LogP contribution in [0.25, 0.3) is 0 Å². The molecule has 2 aromatic carbocycles. The summed E-state index contributed by atoms with van der Waals surface area (Å²) < 4.78 is 17.9. The number of methoxy groups -OCH3 is 1. The van der Waals surface area contributed by atoms with Crippen molar-refractivity contribution in [2.24, 2.45) is 0 Å². The molecule has 8 heteroatoms. The largest absolute Gasteiger partial charge is 0.387 e. The van der Waals surface area contributed by atoms with Gasteiger partial charge in [0.05, 0.1) is 12.3 Å². The first-order valence-corrected chi connectivity index (χ1v) is 14.2. The summed E-state index contributed by atoms with van der Waals surface area (Å²) in [6.07, 6.45) is -3.12. The molecule has 1 fully saturated rings. The van der Waals surface area contributed by atoms with E-state index in [9.17, 15) is 15.3 Å². The number of pyridine rings is 2. The van der Waals surface area contributed by atoms with E-state index < -0.39 is 36.3 Å². The Balaban J connectivity index is 1.58. The molecule has 42 heavy (non-hydrogen) atoms. The van der Waals surface area contributed by atoms with Crippen molar-refractivity contribution in [3.8, 4) is 0 Å². The summed E-state index contributed by atoms with van der Waals surface area (Å²) in [6.45, 7) is 3.93. The molecule has 8 nitrogen and oxygen atoms in total. The van der Waals surface area contributed by atoms with Crippen molar-refractivity contribution in [1.29, 1.82) is 0 Å². The number of aliphatic hydroxyl groups is 3. The summed E-state index contributed by atoms with van der Waals surface area (Å²) in [6, 6.07) is 28.0. The number of aromatic nitrogens is 2. The average molecular weight is 571 g/mol. The lowest BCUT2D eigenvalue weighted by Crippen LogP contribution is -2.59. The molecule has 0 spiro atoms. The summed E-state index contributed by atoms with van der Waals surface area (Å²) in [5.74, 6) is 0. The van der Waals surface area contributed by atoms with Gasteiger partial charge in [0.25, 0.3) is 0 Å². The van der Waals surface area contributed by atoms with E-state index in [1.807, 2.05) is 98.8 Å². The number of aryl methyl sites for hydroxylation is 4. The molecule has 0 radical (unpaired) electrons. The Labute approximate surface area is 246 Å². The van der Waals surface area contributed by atoms with Gasteiger partial charge >= 0.3 is 0 Å². The summed E-state index contributed by atoms with van der Waals surface area (Å²) >= 11 is 0. The zero-order valence-corrected chi connectivity index (χ0v) is 24.1. The highest BCUT2D eigenvalue weighted by molar-refractivity contribution is 5.46. The van der Waals surface area contributed by atoms with Crippen LogP contribution in [-0.4, -0.2) is 69.7 Å². The van der Waals surface area contributed by atoms with E-state index in [-0.39, 0.29) is 6.61 Å². The van der Waals surface area contributed by atoms with Crippen LogP contribution < -0.4 is 0 Å². The number of rotatable bonds is 10. The van der Waals surface area contributed by atoms with Gasteiger partial charge in [-0.3, -0.25) is 9.97 Å². The minimum Gasteiger partial charge on any atom is -0.387 e. The van der Waals surface area contributed by atoms with Gasteiger partial charge in [-0.2, -0.15) is 0 Å². The van der Waals surface area contributed by atoms with Gasteiger partial charge in [0.1, 0.15) is 24.4 Å². The third-order valence-corrected chi connectivity index (χ3v) is 7.81. The van der Waals surface area contributed by atoms with Crippen LogP contribution >= 0.6 is 0 Å². The Morgan fingerprint density at radius 2 is 1.36 bits per heavy atom. The number of ether oxygens (including phenoxy) is 3. The highest BCUT2D eigenvalue weighted by atomic mass is 16.7. The molecule has 0 aliphatic carbocycles. The standard InChI is InChI=1S/C34H38N2O6/c1-22-10-14-24(15-11-22)34(25-16-12-23(2)13-17-25,41-21-28-30(37)31(38)32(39)33(40-3)42-28)29-9-6-8-27(36-29)19-18-26-7-4-5-20-35-26/h4-17,20,28,30-33,37-39H,18-19,21H2,1-3H3/t28-,30-,31+,32-,33+/m1/s1.